The molecule has 170 valence electrons. The molecule has 3 aromatic carbocycles. The van der Waals surface area contributed by atoms with Crippen LogP contribution in [0.3, 0.4) is 0 Å². The van der Waals surface area contributed by atoms with Crippen molar-refractivity contribution in [2.45, 2.75) is 0 Å². The average molecular weight is 549 g/mol. The van der Waals surface area contributed by atoms with Crippen molar-refractivity contribution in [2.75, 3.05) is 42.7 Å². The van der Waals surface area contributed by atoms with Crippen molar-refractivity contribution < 1.29 is 31.4 Å². The fraction of sp³-hybridized carbons (Fsp3) is 0.250. The summed E-state index contributed by atoms with van der Waals surface area (Å²) in [4.78, 5) is 0. The Labute approximate surface area is 192 Å². The molecule has 0 aromatic heterocycles. The van der Waals surface area contributed by atoms with Crippen molar-refractivity contribution in [2.24, 2.45) is 0 Å². The van der Waals surface area contributed by atoms with Gasteiger partial charge in [0.05, 0.1) is 0 Å². The molecule has 0 bridgehead atoms. The molecular formula is C24H27O7Sb. The molecule has 0 fully saturated rings. The summed E-state index contributed by atoms with van der Waals surface area (Å²) in [6, 6.07) is 15.9. The molecule has 0 spiro atoms. The van der Waals surface area contributed by atoms with Gasteiger partial charge in [-0.15, -0.1) is 0 Å². The quantitative estimate of drug-likeness (QED) is 0.379. The summed E-state index contributed by atoms with van der Waals surface area (Å²) in [7, 11) is 9.18. The van der Waals surface area contributed by atoms with Gasteiger partial charge in [0.25, 0.3) is 0 Å². The molecule has 0 saturated carbocycles. The summed E-state index contributed by atoms with van der Waals surface area (Å²) in [5.41, 5.74) is 0. The van der Waals surface area contributed by atoms with Crippen LogP contribution in [0.15, 0.2) is 54.6 Å². The molecule has 0 saturated heterocycles. The zero-order valence-electron chi connectivity index (χ0n) is 19.0. The molecule has 0 aliphatic heterocycles. The Morgan fingerprint density at radius 2 is 0.625 bits per heavy atom. The van der Waals surface area contributed by atoms with Crippen molar-refractivity contribution in [3.8, 4) is 34.5 Å². The second-order valence-corrected chi connectivity index (χ2v) is 13.9. The van der Waals surface area contributed by atoms with Crippen LogP contribution in [0.5, 0.6) is 34.5 Å². The fourth-order valence-electron chi connectivity index (χ4n) is 3.76. The van der Waals surface area contributed by atoms with Gasteiger partial charge in [0.2, 0.25) is 0 Å². The van der Waals surface area contributed by atoms with E-state index >= 15 is 3.02 Å². The van der Waals surface area contributed by atoms with E-state index in [1.165, 1.54) is 42.7 Å². The van der Waals surface area contributed by atoms with Crippen molar-refractivity contribution in [3.05, 3.63) is 54.6 Å². The van der Waals surface area contributed by atoms with Gasteiger partial charge in [-0.2, -0.15) is 0 Å². The number of methoxy groups -OCH3 is 6. The molecule has 32 heavy (non-hydrogen) atoms. The molecule has 0 amide bonds. The van der Waals surface area contributed by atoms with Gasteiger partial charge in [-0.1, -0.05) is 0 Å². The first-order chi connectivity index (χ1) is 15.5. The average Bonchev–Trinajstić information content (AvgIpc) is 2.86. The van der Waals surface area contributed by atoms with E-state index in [9.17, 15) is 0 Å². The zero-order valence-corrected chi connectivity index (χ0v) is 21.6. The monoisotopic (exact) mass is 548 g/mol. The first-order valence-electron chi connectivity index (χ1n) is 9.76. The Kier molecular flexibility index (Phi) is 7.51. The normalized spacial score (nSPS) is 10.9. The zero-order chi connectivity index (χ0) is 23.3. The van der Waals surface area contributed by atoms with Gasteiger partial charge in [-0.25, -0.2) is 0 Å². The van der Waals surface area contributed by atoms with Crippen molar-refractivity contribution in [1.82, 2.24) is 0 Å². The standard InChI is InChI=1S/3C8H9O2.O.Sb/c3*1-9-7-4-3-5-8(6-7)10-2;;/h3*3-5H,1-2H3;;. The minimum absolute atomic E-state index is 0.422. The Hall–Kier alpha value is -2.92. The van der Waals surface area contributed by atoms with E-state index in [2.05, 4.69) is 0 Å². The number of hydrogen-bond acceptors (Lipinski definition) is 7. The van der Waals surface area contributed by atoms with Gasteiger partial charge in [-0.3, -0.25) is 0 Å². The third-order valence-corrected chi connectivity index (χ3v) is 14.3. The molecule has 0 atom stereocenters. The van der Waals surface area contributed by atoms with Crippen molar-refractivity contribution in [3.63, 3.8) is 0 Å². The minimum atomic E-state index is -5.19. The third kappa shape index (κ3) is 3.86. The number of rotatable bonds is 9. The van der Waals surface area contributed by atoms with Gasteiger partial charge < -0.3 is 0 Å². The van der Waals surface area contributed by atoms with Crippen molar-refractivity contribution >= 4 is 29.3 Å². The first-order valence-corrected chi connectivity index (χ1v) is 14.6. The second kappa shape index (κ2) is 10.1. The fourth-order valence-corrected chi connectivity index (χ4v) is 13.8. The molecule has 0 N–H and O–H groups in total. The summed E-state index contributed by atoms with van der Waals surface area (Å²) in [6.07, 6.45) is 0. The Bertz CT molecular complexity index is 935. The van der Waals surface area contributed by atoms with E-state index < -0.39 is 18.8 Å². The van der Waals surface area contributed by atoms with Crippen LogP contribution in [0, 0.1) is 0 Å². The predicted octanol–water partition coefficient (Wildman–Crippen LogP) is 2.14. The molecule has 7 nitrogen and oxygen atoms in total. The maximum atomic E-state index is 15.7. The summed E-state index contributed by atoms with van der Waals surface area (Å²) in [6.45, 7) is 0. The van der Waals surface area contributed by atoms with Gasteiger partial charge in [0.15, 0.2) is 0 Å². The van der Waals surface area contributed by atoms with Crippen LogP contribution in [-0.4, -0.2) is 61.5 Å². The van der Waals surface area contributed by atoms with Crippen LogP contribution in [-0.2, 0) is 3.02 Å². The Morgan fingerprint density at radius 3 is 0.781 bits per heavy atom. The Balaban J connectivity index is 2.64. The molecule has 0 aliphatic carbocycles. The summed E-state index contributed by atoms with van der Waals surface area (Å²) >= 11 is -5.19. The van der Waals surface area contributed by atoms with Crippen LogP contribution >= 0.6 is 0 Å². The topological polar surface area (TPSA) is 72.5 Å². The van der Waals surface area contributed by atoms with Crippen LogP contribution in [0.25, 0.3) is 0 Å². The van der Waals surface area contributed by atoms with Crippen LogP contribution in [0.1, 0.15) is 0 Å². The molecule has 0 heterocycles. The third-order valence-electron chi connectivity index (χ3n) is 5.15. The van der Waals surface area contributed by atoms with E-state index in [1.807, 2.05) is 0 Å². The summed E-state index contributed by atoms with van der Waals surface area (Å²) in [5, 5.41) is 0. The molecule has 3 rings (SSSR count). The molecule has 3 aromatic rings. The van der Waals surface area contributed by atoms with Crippen molar-refractivity contribution in [1.29, 1.82) is 0 Å². The number of ether oxygens (including phenoxy) is 6. The molecule has 0 unspecified atom stereocenters. The second-order valence-electron chi connectivity index (χ2n) is 6.64. The predicted molar refractivity (Wildman–Crippen MR) is 124 cm³/mol. The van der Waals surface area contributed by atoms with Crippen LogP contribution in [0.2, 0.25) is 0 Å². The van der Waals surface area contributed by atoms with E-state index in [0.717, 1.165) is 0 Å². The molecule has 8 heteroatoms. The van der Waals surface area contributed by atoms with E-state index in [-0.39, 0.29) is 0 Å². The van der Waals surface area contributed by atoms with Gasteiger partial charge >= 0.3 is 193 Å². The molecule has 0 radical (unpaired) electrons. The Morgan fingerprint density at radius 1 is 0.438 bits per heavy atom. The SMILES string of the molecule is COc1cccc(OC)[c]1[Sb](=[O])([c]1c(OC)cccc1OC)[c]1c(OC)cccc1OC. The number of benzene rings is 3. The van der Waals surface area contributed by atoms with Crippen LogP contribution in [0.4, 0.5) is 0 Å². The van der Waals surface area contributed by atoms with E-state index in [4.69, 9.17) is 28.4 Å². The van der Waals surface area contributed by atoms with Gasteiger partial charge in [0.1, 0.15) is 0 Å². The van der Waals surface area contributed by atoms with Gasteiger partial charge in [-0.05, 0) is 0 Å². The van der Waals surface area contributed by atoms with E-state index in [0.29, 0.717) is 45.0 Å². The molecular weight excluding hydrogens is 522 g/mol. The van der Waals surface area contributed by atoms with Crippen LogP contribution < -0.4 is 39.0 Å². The van der Waals surface area contributed by atoms with E-state index in [1.54, 1.807) is 54.6 Å². The summed E-state index contributed by atoms with van der Waals surface area (Å²) < 4.78 is 51.1. The number of hydrogen-bond donors (Lipinski definition) is 0. The molecule has 0 aliphatic rings. The first kappa shape index (κ1) is 23.7. The maximum absolute atomic E-state index is 15.7. The summed E-state index contributed by atoms with van der Waals surface area (Å²) in [5.74, 6) is 2.53. The van der Waals surface area contributed by atoms with Gasteiger partial charge in [0, 0.05) is 0 Å².